The number of fused-ring (bicyclic) bond motifs is 1. The van der Waals surface area contributed by atoms with Crippen LogP contribution in [0.2, 0.25) is 0 Å². The summed E-state index contributed by atoms with van der Waals surface area (Å²) in [5.74, 6) is -1.01. The van der Waals surface area contributed by atoms with Crippen LogP contribution in [0, 0.1) is 0 Å². The average Bonchev–Trinajstić information content (AvgIpc) is 2.65. The molecule has 1 aromatic heterocycles. The molecule has 0 aliphatic heterocycles. The van der Waals surface area contributed by atoms with E-state index in [1.165, 1.54) is 0 Å². The van der Waals surface area contributed by atoms with Crippen molar-refractivity contribution in [1.82, 2.24) is 9.78 Å². The molecule has 5 heteroatoms. The molecule has 1 heterocycles. The maximum Gasteiger partial charge on any atom is 0.357 e. The number of rotatable bonds is 4. The number of aromatic carboxylic acids is 1. The first-order chi connectivity index (χ1) is 7.74. The zero-order valence-electron chi connectivity index (χ0n) is 8.88. The van der Waals surface area contributed by atoms with Crippen molar-refractivity contribution in [1.29, 1.82) is 0 Å². The van der Waals surface area contributed by atoms with Gasteiger partial charge in [0.15, 0.2) is 5.69 Å². The molecule has 0 saturated carbocycles. The van der Waals surface area contributed by atoms with Crippen molar-refractivity contribution in [3.8, 4) is 0 Å². The lowest BCUT2D eigenvalue weighted by atomic mass is 10.2. The van der Waals surface area contributed by atoms with Crippen molar-refractivity contribution < 1.29 is 14.6 Å². The first-order valence-electron chi connectivity index (χ1n) is 4.92. The van der Waals surface area contributed by atoms with E-state index in [0.29, 0.717) is 18.5 Å². The third kappa shape index (κ3) is 1.77. The van der Waals surface area contributed by atoms with E-state index >= 15 is 0 Å². The molecule has 0 spiro atoms. The van der Waals surface area contributed by atoms with Gasteiger partial charge in [-0.25, -0.2) is 4.79 Å². The van der Waals surface area contributed by atoms with Gasteiger partial charge in [0.2, 0.25) is 0 Å². The monoisotopic (exact) mass is 220 g/mol. The molecule has 0 unspecified atom stereocenters. The molecule has 0 bridgehead atoms. The van der Waals surface area contributed by atoms with Gasteiger partial charge in [-0.1, -0.05) is 18.2 Å². The van der Waals surface area contributed by atoms with Gasteiger partial charge in [-0.15, -0.1) is 0 Å². The topological polar surface area (TPSA) is 64.4 Å². The van der Waals surface area contributed by atoms with E-state index in [-0.39, 0.29) is 5.69 Å². The molecule has 0 amide bonds. The first kappa shape index (κ1) is 10.6. The van der Waals surface area contributed by atoms with Gasteiger partial charge in [0.1, 0.15) is 0 Å². The lowest BCUT2D eigenvalue weighted by Gasteiger charge is -2.01. The van der Waals surface area contributed by atoms with Crippen LogP contribution in [-0.2, 0) is 11.3 Å². The Morgan fingerprint density at radius 3 is 2.94 bits per heavy atom. The molecule has 1 aromatic carbocycles. The largest absolute Gasteiger partial charge is 0.476 e. The highest BCUT2D eigenvalue weighted by Gasteiger charge is 2.15. The van der Waals surface area contributed by atoms with Crippen LogP contribution in [-0.4, -0.2) is 34.6 Å². The van der Waals surface area contributed by atoms with Gasteiger partial charge in [-0.2, -0.15) is 5.10 Å². The third-order valence-corrected chi connectivity index (χ3v) is 2.37. The van der Waals surface area contributed by atoms with Gasteiger partial charge in [-0.05, 0) is 6.07 Å². The summed E-state index contributed by atoms with van der Waals surface area (Å²) < 4.78 is 6.61. The number of methoxy groups -OCH3 is 1. The zero-order chi connectivity index (χ0) is 11.5. The highest BCUT2D eigenvalue weighted by Crippen LogP contribution is 2.18. The van der Waals surface area contributed by atoms with E-state index in [2.05, 4.69) is 5.10 Å². The molecule has 16 heavy (non-hydrogen) atoms. The molecule has 1 N–H and O–H groups in total. The normalized spacial score (nSPS) is 10.8. The van der Waals surface area contributed by atoms with Gasteiger partial charge < -0.3 is 9.84 Å². The SMILES string of the molecule is COCCn1nc(C(=O)O)c2ccccc21. The summed E-state index contributed by atoms with van der Waals surface area (Å²) >= 11 is 0. The smallest absolute Gasteiger partial charge is 0.357 e. The number of aromatic nitrogens is 2. The number of hydrogen-bond acceptors (Lipinski definition) is 3. The van der Waals surface area contributed by atoms with Crippen molar-refractivity contribution in [2.24, 2.45) is 0 Å². The van der Waals surface area contributed by atoms with Gasteiger partial charge >= 0.3 is 5.97 Å². The van der Waals surface area contributed by atoms with Crippen LogP contribution in [0.15, 0.2) is 24.3 Å². The van der Waals surface area contributed by atoms with Crippen LogP contribution in [0.1, 0.15) is 10.5 Å². The standard InChI is InChI=1S/C11H12N2O3/c1-16-7-6-13-9-5-3-2-4-8(9)10(12-13)11(14)15/h2-5H,6-7H2,1H3,(H,14,15). The summed E-state index contributed by atoms with van der Waals surface area (Å²) in [5, 5.41) is 13.7. The van der Waals surface area contributed by atoms with Gasteiger partial charge in [-0.3, -0.25) is 4.68 Å². The molecule has 0 aliphatic rings. The molecule has 5 nitrogen and oxygen atoms in total. The second-order valence-corrected chi connectivity index (χ2v) is 3.39. The first-order valence-corrected chi connectivity index (χ1v) is 4.92. The Balaban J connectivity index is 2.53. The second-order valence-electron chi connectivity index (χ2n) is 3.39. The van der Waals surface area contributed by atoms with Crippen molar-refractivity contribution in [2.75, 3.05) is 13.7 Å². The highest BCUT2D eigenvalue weighted by molar-refractivity contribution is 6.01. The number of hydrogen-bond donors (Lipinski definition) is 1. The minimum atomic E-state index is -1.01. The molecule has 2 rings (SSSR count). The van der Waals surface area contributed by atoms with Crippen LogP contribution < -0.4 is 0 Å². The van der Waals surface area contributed by atoms with Gasteiger partial charge in [0.05, 0.1) is 18.7 Å². The van der Waals surface area contributed by atoms with Crippen molar-refractivity contribution >= 4 is 16.9 Å². The Kier molecular flexibility index (Phi) is 2.87. The lowest BCUT2D eigenvalue weighted by Crippen LogP contribution is -2.07. The Morgan fingerprint density at radius 1 is 1.50 bits per heavy atom. The van der Waals surface area contributed by atoms with Crippen molar-refractivity contribution in [3.63, 3.8) is 0 Å². The molecule has 0 fully saturated rings. The highest BCUT2D eigenvalue weighted by atomic mass is 16.5. The Hall–Kier alpha value is -1.88. The predicted octanol–water partition coefficient (Wildman–Crippen LogP) is 1.38. The summed E-state index contributed by atoms with van der Waals surface area (Å²) in [5.41, 5.74) is 0.906. The Morgan fingerprint density at radius 2 is 2.25 bits per heavy atom. The summed E-state index contributed by atoms with van der Waals surface area (Å²) in [4.78, 5) is 11.0. The van der Waals surface area contributed by atoms with E-state index in [0.717, 1.165) is 5.52 Å². The van der Waals surface area contributed by atoms with Crippen LogP contribution in [0.3, 0.4) is 0 Å². The quantitative estimate of drug-likeness (QED) is 0.845. The second kappa shape index (κ2) is 4.32. The summed E-state index contributed by atoms with van der Waals surface area (Å²) in [7, 11) is 1.60. The molecule has 0 aliphatic carbocycles. The van der Waals surface area contributed by atoms with E-state index in [9.17, 15) is 4.79 Å². The lowest BCUT2D eigenvalue weighted by molar-refractivity contribution is 0.0691. The Labute approximate surface area is 92.2 Å². The maximum atomic E-state index is 11.0. The van der Waals surface area contributed by atoms with E-state index in [1.807, 2.05) is 12.1 Å². The molecule has 2 aromatic rings. The fourth-order valence-corrected chi connectivity index (χ4v) is 1.63. The number of benzene rings is 1. The number of nitrogens with zero attached hydrogens (tertiary/aromatic N) is 2. The zero-order valence-corrected chi connectivity index (χ0v) is 8.88. The summed E-state index contributed by atoms with van der Waals surface area (Å²) in [6.07, 6.45) is 0. The van der Waals surface area contributed by atoms with E-state index in [4.69, 9.17) is 9.84 Å². The van der Waals surface area contributed by atoms with Crippen LogP contribution in [0.4, 0.5) is 0 Å². The average molecular weight is 220 g/mol. The van der Waals surface area contributed by atoms with Gasteiger partial charge in [0.25, 0.3) is 0 Å². The van der Waals surface area contributed by atoms with Crippen molar-refractivity contribution in [3.05, 3.63) is 30.0 Å². The maximum absolute atomic E-state index is 11.0. The fourth-order valence-electron chi connectivity index (χ4n) is 1.63. The number of carboxylic acid groups (broad SMARTS) is 1. The molecule has 0 atom stereocenters. The van der Waals surface area contributed by atoms with Crippen LogP contribution in [0.25, 0.3) is 10.9 Å². The van der Waals surface area contributed by atoms with E-state index < -0.39 is 5.97 Å². The summed E-state index contributed by atoms with van der Waals surface area (Å²) in [6.45, 7) is 1.05. The van der Waals surface area contributed by atoms with E-state index in [1.54, 1.807) is 23.9 Å². The molecule has 84 valence electrons. The minimum Gasteiger partial charge on any atom is -0.476 e. The fraction of sp³-hybridized carbons (Fsp3) is 0.273. The molecule has 0 radical (unpaired) electrons. The number of ether oxygens (including phenoxy) is 1. The third-order valence-electron chi connectivity index (χ3n) is 2.37. The van der Waals surface area contributed by atoms with Crippen LogP contribution in [0.5, 0.6) is 0 Å². The Bertz CT molecular complexity index is 519. The number of para-hydroxylation sites is 1. The molecular formula is C11H12N2O3. The minimum absolute atomic E-state index is 0.0895. The molecular weight excluding hydrogens is 208 g/mol. The predicted molar refractivity (Wildman–Crippen MR) is 58.6 cm³/mol. The van der Waals surface area contributed by atoms with Crippen LogP contribution >= 0.6 is 0 Å². The molecule has 0 saturated heterocycles. The number of carbonyl (C=O) groups is 1. The van der Waals surface area contributed by atoms with Crippen molar-refractivity contribution in [2.45, 2.75) is 6.54 Å². The van der Waals surface area contributed by atoms with Gasteiger partial charge in [0, 0.05) is 12.5 Å². The summed E-state index contributed by atoms with van der Waals surface area (Å²) in [6, 6.07) is 7.27. The number of carboxylic acids is 1.